The molecule has 1 fully saturated rings. The van der Waals surface area contributed by atoms with Crippen LogP contribution >= 0.6 is 0 Å². The van der Waals surface area contributed by atoms with Gasteiger partial charge in [-0.2, -0.15) is 0 Å². The third kappa shape index (κ3) is 3.03. The van der Waals surface area contributed by atoms with Crippen molar-refractivity contribution in [2.75, 3.05) is 23.7 Å². The Morgan fingerprint density at radius 1 is 1.39 bits per heavy atom. The number of ether oxygens (including phenoxy) is 1. The Morgan fingerprint density at radius 3 is 2.87 bits per heavy atom. The second-order valence-corrected chi connectivity index (χ2v) is 5.67. The van der Waals surface area contributed by atoms with Gasteiger partial charge in [-0.1, -0.05) is 12.1 Å². The molecule has 1 aliphatic heterocycles. The lowest BCUT2D eigenvalue weighted by molar-refractivity contribution is 0.0389. The summed E-state index contributed by atoms with van der Waals surface area (Å²) in [6.07, 6.45) is 5.38. The lowest BCUT2D eigenvalue weighted by Crippen LogP contribution is -2.51. The summed E-state index contributed by atoms with van der Waals surface area (Å²) in [5.74, 6) is 0.141. The lowest BCUT2D eigenvalue weighted by Gasteiger charge is -2.42. The third-order valence-electron chi connectivity index (χ3n) is 4.06. The van der Waals surface area contributed by atoms with Crippen LogP contribution in [0.4, 0.5) is 16.2 Å². The van der Waals surface area contributed by atoms with Gasteiger partial charge in [-0.15, -0.1) is 5.10 Å². The van der Waals surface area contributed by atoms with Crippen molar-refractivity contribution in [3.05, 3.63) is 30.9 Å². The molecule has 2 aromatic heterocycles. The molecule has 3 heterocycles. The van der Waals surface area contributed by atoms with E-state index in [0.29, 0.717) is 12.2 Å². The number of rotatable bonds is 3. The largest absolute Gasteiger partial charge is 0.442 e. The van der Waals surface area contributed by atoms with Gasteiger partial charge < -0.3 is 21.1 Å². The SMILES string of the molecule is C[C@H]1CN(c2ccncc2N)C[C@@H](OC(N)=O)[C@H]1n1ccnn1. The number of aromatic nitrogens is 4. The first-order valence-corrected chi connectivity index (χ1v) is 7.32. The number of anilines is 2. The van der Waals surface area contributed by atoms with Crippen LogP contribution in [-0.4, -0.2) is 45.3 Å². The van der Waals surface area contributed by atoms with Gasteiger partial charge in [0.1, 0.15) is 6.10 Å². The summed E-state index contributed by atoms with van der Waals surface area (Å²) < 4.78 is 7.06. The van der Waals surface area contributed by atoms with Crippen molar-refractivity contribution in [3.8, 4) is 0 Å². The van der Waals surface area contributed by atoms with Gasteiger partial charge in [-0.3, -0.25) is 4.98 Å². The van der Waals surface area contributed by atoms with E-state index in [-0.39, 0.29) is 12.0 Å². The number of pyridine rings is 1. The monoisotopic (exact) mass is 317 g/mol. The summed E-state index contributed by atoms with van der Waals surface area (Å²) in [5.41, 5.74) is 12.7. The second-order valence-electron chi connectivity index (χ2n) is 5.67. The lowest BCUT2D eigenvalue weighted by atomic mass is 9.91. The number of piperidine rings is 1. The van der Waals surface area contributed by atoms with Crippen molar-refractivity contribution >= 4 is 17.5 Å². The van der Waals surface area contributed by atoms with E-state index in [1.807, 2.05) is 6.07 Å². The average molecular weight is 317 g/mol. The molecule has 0 spiro atoms. The fraction of sp³-hybridized carbons (Fsp3) is 0.429. The summed E-state index contributed by atoms with van der Waals surface area (Å²) in [5, 5.41) is 7.88. The molecule has 1 amide bonds. The van der Waals surface area contributed by atoms with Crippen LogP contribution in [-0.2, 0) is 4.74 Å². The minimum absolute atomic E-state index is 0.135. The van der Waals surface area contributed by atoms with Crippen molar-refractivity contribution in [3.63, 3.8) is 0 Å². The van der Waals surface area contributed by atoms with Crippen LogP contribution in [0.3, 0.4) is 0 Å². The molecule has 3 rings (SSSR count). The van der Waals surface area contributed by atoms with Gasteiger partial charge in [0.15, 0.2) is 0 Å². The number of carbonyl (C=O) groups excluding carboxylic acids is 1. The van der Waals surface area contributed by atoms with Gasteiger partial charge in [0.25, 0.3) is 0 Å². The Bertz CT molecular complexity index is 676. The maximum atomic E-state index is 11.3. The van der Waals surface area contributed by atoms with Crippen LogP contribution in [0.5, 0.6) is 0 Å². The number of nitrogens with two attached hydrogens (primary N) is 2. The fourth-order valence-corrected chi connectivity index (χ4v) is 3.17. The number of carbonyl (C=O) groups is 1. The molecule has 1 saturated heterocycles. The summed E-state index contributed by atoms with van der Waals surface area (Å²) in [6.45, 7) is 3.26. The molecule has 9 nitrogen and oxygen atoms in total. The molecule has 3 atom stereocenters. The Hall–Kier alpha value is -2.84. The zero-order valence-electron chi connectivity index (χ0n) is 12.7. The van der Waals surface area contributed by atoms with E-state index in [1.165, 1.54) is 0 Å². The maximum Gasteiger partial charge on any atom is 0.404 e. The second kappa shape index (κ2) is 6.11. The number of nitrogen functional groups attached to an aromatic ring is 1. The van der Waals surface area contributed by atoms with Crippen LogP contribution in [0.25, 0.3) is 0 Å². The smallest absolute Gasteiger partial charge is 0.404 e. The Labute approximate surface area is 133 Å². The van der Waals surface area contributed by atoms with Crippen LogP contribution in [0.1, 0.15) is 13.0 Å². The van der Waals surface area contributed by atoms with E-state index in [1.54, 1.807) is 29.5 Å². The molecule has 0 radical (unpaired) electrons. The molecule has 0 saturated carbocycles. The van der Waals surface area contributed by atoms with Crippen LogP contribution in [0.2, 0.25) is 0 Å². The first kappa shape index (κ1) is 15.1. The normalized spacial score (nSPS) is 24.4. The van der Waals surface area contributed by atoms with Gasteiger partial charge >= 0.3 is 6.09 Å². The van der Waals surface area contributed by atoms with Crippen molar-refractivity contribution < 1.29 is 9.53 Å². The summed E-state index contributed by atoms with van der Waals surface area (Å²) in [6, 6.07) is 1.71. The average Bonchev–Trinajstić information content (AvgIpc) is 3.00. The van der Waals surface area contributed by atoms with Gasteiger partial charge in [0.05, 0.1) is 36.4 Å². The number of hydrogen-bond donors (Lipinski definition) is 2. The van der Waals surface area contributed by atoms with Crippen LogP contribution < -0.4 is 16.4 Å². The summed E-state index contributed by atoms with van der Waals surface area (Å²) in [4.78, 5) is 17.4. The number of amides is 1. The predicted octanol–water partition coefficient (Wildman–Crippen LogP) is 0.417. The maximum absolute atomic E-state index is 11.3. The molecule has 0 unspecified atom stereocenters. The molecule has 0 aromatic carbocycles. The fourth-order valence-electron chi connectivity index (χ4n) is 3.17. The highest BCUT2D eigenvalue weighted by Crippen LogP contribution is 2.34. The van der Waals surface area contributed by atoms with E-state index in [0.717, 1.165) is 12.2 Å². The molecule has 122 valence electrons. The number of nitrogens with zero attached hydrogens (tertiary/aromatic N) is 5. The van der Waals surface area contributed by atoms with Crippen molar-refractivity contribution in [2.45, 2.75) is 19.1 Å². The standard InChI is InChI=1S/C14H19N7O2/c1-9-7-20(11-2-3-17-6-10(11)15)8-12(23-14(16)22)13(9)21-5-4-18-19-21/h2-6,9,12-13H,7-8,15H2,1H3,(H2,16,22)/t9-,12+,13-/m0/s1. The van der Waals surface area contributed by atoms with Gasteiger partial charge in [-0.05, 0) is 12.0 Å². The van der Waals surface area contributed by atoms with E-state index in [9.17, 15) is 4.79 Å². The summed E-state index contributed by atoms with van der Waals surface area (Å²) in [7, 11) is 0. The Morgan fingerprint density at radius 2 is 2.22 bits per heavy atom. The van der Waals surface area contributed by atoms with E-state index >= 15 is 0 Å². The van der Waals surface area contributed by atoms with Crippen molar-refractivity contribution in [1.29, 1.82) is 0 Å². The first-order valence-electron chi connectivity index (χ1n) is 7.32. The quantitative estimate of drug-likeness (QED) is 0.840. The van der Waals surface area contributed by atoms with Crippen LogP contribution in [0, 0.1) is 5.92 Å². The summed E-state index contributed by atoms with van der Waals surface area (Å²) >= 11 is 0. The molecular formula is C14H19N7O2. The minimum atomic E-state index is -0.808. The van der Waals surface area contributed by atoms with Crippen LogP contribution in [0.15, 0.2) is 30.9 Å². The molecular weight excluding hydrogens is 298 g/mol. The van der Waals surface area contributed by atoms with E-state index < -0.39 is 12.2 Å². The highest BCUT2D eigenvalue weighted by Gasteiger charge is 2.39. The molecule has 9 heteroatoms. The number of primary amides is 1. The van der Waals surface area contributed by atoms with E-state index in [4.69, 9.17) is 16.2 Å². The molecule has 0 bridgehead atoms. The van der Waals surface area contributed by atoms with E-state index in [2.05, 4.69) is 27.1 Å². The highest BCUT2D eigenvalue weighted by atomic mass is 16.6. The topological polar surface area (TPSA) is 125 Å². The predicted molar refractivity (Wildman–Crippen MR) is 83.5 cm³/mol. The van der Waals surface area contributed by atoms with Gasteiger partial charge in [0, 0.05) is 18.9 Å². The molecule has 0 aliphatic carbocycles. The highest BCUT2D eigenvalue weighted by molar-refractivity contribution is 5.67. The zero-order chi connectivity index (χ0) is 16.4. The van der Waals surface area contributed by atoms with Gasteiger partial charge in [-0.25, -0.2) is 9.48 Å². The third-order valence-corrected chi connectivity index (χ3v) is 4.06. The molecule has 23 heavy (non-hydrogen) atoms. The van der Waals surface area contributed by atoms with Crippen molar-refractivity contribution in [2.24, 2.45) is 11.7 Å². The molecule has 2 aromatic rings. The number of hydrogen-bond acceptors (Lipinski definition) is 7. The molecule has 4 N–H and O–H groups in total. The Kier molecular flexibility index (Phi) is 4.00. The Balaban J connectivity index is 1.89. The minimum Gasteiger partial charge on any atom is -0.442 e. The van der Waals surface area contributed by atoms with Gasteiger partial charge in [0.2, 0.25) is 0 Å². The van der Waals surface area contributed by atoms with Crippen molar-refractivity contribution in [1.82, 2.24) is 20.0 Å². The molecule has 1 aliphatic rings. The zero-order valence-corrected chi connectivity index (χ0v) is 12.7. The first-order chi connectivity index (χ1) is 11.1.